The third-order valence-corrected chi connectivity index (χ3v) is 4.06. The van der Waals surface area contributed by atoms with Gasteiger partial charge in [-0.1, -0.05) is 19.1 Å². The van der Waals surface area contributed by atoms with E-state index < -0.39 is 11.8 Å². The van der Waals surface area contributed by atoms with Crippen LogP contribution in [0.3, 0.4) is 0 Å². The molecular weight excluding hydrogens is 404 g/mol. The number of anilines is 1. The van der Waals surface area contributed by atoms with E-state index in [2.05, 4.69) is 21.5 Å². The van der Waals surface area contributed by atoms with Crippen LogP contribution in [0.15, 0.2) is 48.5 Å². The second-order valence-electron chi connectivity index (χ2n) is 6.17. The standard InChI is InChI=1S/C21H24N4O4S/c1-3-7-18(26)22-15-12-10-14(11-13-15)19(27)24-25-21(30)23-20(28)16-8-5-6-9-17(16)29-4-2/h5-6,8-13H,3-4,7H2,1-2H3,(H,22,26)(H,24,27)(H2,23,25,28,30). The van der Waals surface area contributed by atoms with Crippen molar-refractivity contribution >= 4 is 40.7 Å². The molecule has 3 amide bonds. The molecule has 0 aliphatic carbocycles. The molecule has 4 N–H and O–H groups in total. The van der Waals surface area contributed by atoms with Gasteiger partial charge in [0.2, 0.25) is 5.91 Å². The van der Waals surface area contributed by atoms with Crippen molar-refractivity contribution in [1.29, 1.82) is 0 Å². The van der Waals surface area contributed by atoms with Gasteiger partial charge in [0.15, 0.2) is 5.11 Å². The number of thiocarbonyl (C=S) groups is 1. The molecule has 0 heterocycles. The summed E-state index contributed by atoms with van der Waals surface area (Å²) in [7, 11) is 0. The van der Waals surface area contributed by atoms with E-state index >= 15 is 0 Å². The lowest BCUT2D eigenvalue weighted by molar-refractivity contribution is -0.116. The van der Waals surface area contributed by atoms with Crippen LogP contribution in [0.4, 0.5) is 5.69 Å². The van der Waals surface area contributed by atoms with Crippen molar-refractivity contribution in [3.63, 3.8) is 0 Å². The van der Waals surface area contributed by atoms with Crippen LogP contribution in [0.5, 0.6) is 5.75 Å². The van der Waals surface area contributed by atoms with Crippen molar-refractivity contribution in [2.75, 3.05) is 11.9 Å². The molecule has 0 unspecified atom stereocenters. The van der Waals surface area contributed by atoms with Gasteiger partial charge < -0.3 is 10.1 Å². The van der Waals surface area contributed by atoms with Crippen LogP contribution in [0, 0.1) is 0 Å². The molecule has 158 valence electrons. The molecule has 2 rings (SSSR count). The van der Waals surface area contributed by atoms with Gasteiger partial charge in [0.1, 0.15) is 5.75 Å². The van der Waals surface area contributed by atoms with Gasteiger partial charge in [0, 0.05) is 17.7 Å². The first-order valence-electron chi connectivity index (χ1n) is 9.48. The average Bonchev–Trinajstić information content (AvgIpc) is 2.73. The van der Waals surface area contributed by atoms with E-state index in [-0.39, 0.29) is 11.0 Å². The Morgan fingerprint density at radius 2 is 1.63 bits per heavy atom. The average molecular weight is 429 g/mol. The largest absolute Gasteiger partial charge is 0.493 e. The normalized spacial score (nSPS) is 9.93. The molecule has 9 heteroatoms. The fraction of sp³-hybridized carbons (Fsp3) is 0.238. The van der Waals surface area contributed by atoms with Gasteiger partial charge in [-0.05, 0) is 62.0 Å². The fourth-order valence-corrected chi connectivity index (χ4v) is 2.62. The maximum atomic E-state index is 12.4. The molecule has 0 radical (unpaired) electrons. The van der Waals surface area contributed by atoms with Crippen molar-refractivity contribution in [1.82, 2.24) is 16.2 Å². The summed E-state index contributed by atoms with van der Waals surface area (Å²) >= 11 is 5.05. The number of benzene rings is 2. The van der Waals surface area contributed by atoms with Crippen LogP contribution in [-0.4, -0.2) is 29.4 Å². The Morgan fingerprint density at radius 3 is 2.30 bits per heavy atom. The fourth-order valence-electron chi connectivity index (χ4n) is 2.48. The third kappa shape index (κ3) is 6.85. The van der Waals surface area contributed by atoms with E-state index in [0.29, 0.717) is 35.6 Å². The maximum Gasteiger partial charge on any atom is 0.269 e. The molecule has 30 heavy (non-hydrogen) atoms. The highest BCUT2D eigenvalue weighted by Crippen LogP contribution is 2.17. The summed E-state index contributed by atoms with van der Waals surface area (Å²) in [6.45, 7) is 4.16. The van der Waals surface area contributed by atoms with Gasteiger partial charge in [0.25, 0.3) is 11.8 Å². The minimum absolute atomic E-state index is 0.0666. The van der Waals surface area contributed by atoms with E-state index in [4.69, 9.17) is 17.0 Å². The van der Waals surface area contributed by atoms with Crippen LogP contribution < -0.4 is 26.2 Å². The predicted octanol–water partition coefficient (Wildman–Crippen LogP) is 2.77. The van der Waals surface area contributed by atoms with Gasteiger partial charge in [-0.25, -0.2) is 0 Å². The maximum absolute atomic E-state index is 12.4. The minimum atomic E-state index is -0.460. The molecule has 0 aliphatic rings. The number of rotatable bonds is 7. The molecule has 8 nitrogen and oxygen atoms in total. The first kappa shape index (κ1) is 22.8. The molecular formula is C21H24N4O4S. The summed E-state index contributed by atoms with van der Waals surface area (Å²) in [5.41, 5.74) is 6.19. The Morgan fingerprint density at radius 1 is 0.933 bits per heavy atom. The van der Waals surface area contributed by atoms with Crippen molar-refractivity contribution in [3.05, 3.63) is 59.7 Å². The van der Waals surface area contributed by atoms with Crippen LogP contribution in [-0.2, 0) is 4.79 Å². The van der Waals surface area contributed by atoms with Crippen LogP contribution >= 0.6 is 12.2 Å². The number of ether oxygens (including phenoxy) is 1. The van der Waals surface area contributed by atoms with Crippen LogP contribution in [0.1, 0.15) is 47.4 Å². The Kier molecular flexibility index (Phi) is 8.76. The molecule has 2 aromatic carbocycles. The number of nitrogens with one attached hydrogen (secondary N) is 4. The molecule has 0 aliphatic heterocycles. The van der Waals surface area contributed by atoms with Gasteiger partial charge in [-0.3, -0.25) is 30.6 Å². The van der Waals surface area contributed by atoms with Crippen molar-refractivity contribution in [2.24, 2.45) is 0 Å². The first-order chi connectivity index (χ1) is 14.4. The van der Waals surface area contributed by atoms with E-state index in [1.165, 1.54) is 0 Å². The number of carbonyl (C=O) groups excluding carboxylic acids is 3. The van der Waals surface area contributed by atoms with Gasteiger partial charge in [-0.15, -0.1) is 0 Å². The monoisotopic (exact) mass is 428 g/mol. The van der Waals surface area contributed by atoms with E-state index in [1.54, 1.807) is 48.5 Å². The Hall–Kier alpha value is -3.46. The van der Waals surface area contributed by atoms with Crippen LogP contribution in [0.2, 0.25) is 0 Å². The summed E-state index contributed by atoms with van der Waals surface area (Å²) in [6.07, 6.45) is 1.19. The third-order valence-electron chi connectivity index (χ3n) is 3.86. The summed E-state index contributed by atoms with van der Waals surface area (Å²) < 4.78 is 5.42. The Bertz CT molecular complexity index is 915. The minimum Gasteiger partial charge on any atom is -0.493 e. The molecule has 0 bridgehead atoms. The smallest absolute Gasteiger partial charge is 0.269 e. The highest BCUT2D eigenvalue weighted by molar-refractivity contribution is 7.80. The second-order valence-corrected chi connectivity index (χ2v) is 6.58. The van der Waals surface area contributed by atoms with Gasteiger partial charge in [-0.2, -0.15) is 0 Å². The highest BCUT2D eigenvalue weighted by Gasteiger charge is 2.14. The molecule has 0 saturated carbocycles. The lowest BCUT2D eigenvalue weighted by Crippen LogP contribution is -2.48. The van der Waals surface area contributed by atoms with E-state index in [1.807, 2.05) is 13.8 Å². The molecule has 2 aromatic rings. The highest BCUT2D eigenvalue weighted by atomic mass is 32.1. The lowest BCUT2D eigenvalue weighted by atomic mass is 10.2. The van der Waals surface area contributed by atoms with E-state index in [0.717, 1.165) is 6.42 Å². The molecule has 0 saturated heterocycles. The number of carbonyl (C=O) groups is 3. The number of hydrogen-bond acceptors (Lipinski definition) is 5. The molecule has 0 fully saturated rings. The zero-order valence-corrected chi connectivity index (χ0v) is 17.6. The predicted molar refractivity (Wildman–Crippen MR) is 118 cm³/mol. The first-order valence-corrected chi connectivity index (χ1v) is 9.88. The second kappa shape index (κ2) is 11.5. The number of hydrazine groups is 1. The van der Waals surface area contributed by atoms with E-state index in [9.17, 15) is 14.4 Å². The Balaban J connectivity index is 1.86. The molecule has 0 aromatic heterocycles. The zero-order valence-electron chi connectivity index (χ0n) is 16.8. The summed E-state index contributed by atoms with van der Waals surface area (Å²) in [6, 6.07) is 13.2. The molecule has 0 spiro atoms. The summed E-state index contributed by atoms with van der Waals surface area (Å²) in [4.78, 5) is 36.2. The number of hydrogen-bond donors (Lipinski definition) is 4. The SMILES string of the molecule is CCCC(=O)Nc1ccc(C(=O)NNC(=S)NC(=O)c2ccccc2OCC)cc1. The van der Waals surface area contributed by atoms with Crippen LogP contribution in [0.25, 0.3) is 0 Å². The van der Waals surface area contributed by atoms with Crippen molar-refractivity contribution in [3.8, 4) is 5.75 Å². The van der Waals surface area contributed by atoms with Gasteiger partial charge in [0.05, 0.1) is 12.2 Å². The Labute approximate surface area is 180 Å². The van der Waals surface area contributed by atoms with Crippen molar-refractivity contribution in [2.45, 2.75) is 26.7 Å². The zero-order chi connectivity index (χ0) is 21.9. The van der Waals surface area contributed by atoms with Crippen molar-refractivity contribution < 1.29 is 19.1 Å². The summed E-state index contributed by atoms with van der Waals surface area (Å²) in [5, 5.41) is 5.16. The summed E-state index contributed by atoms with van der Waals surface area (Å²) in [5.74, 6) is -0.551. The topological polar surface area (TPSA) is 109 Å². The quantitative estimate of drug-likeness (QED) is 0.399. The lowest BCUT2D eigenvalue weighted by Gasteiger charge is -2.13. The van der Waals surface area contributed by atoms with Gasteiger partial charge >= 0.3 is 0 Å². The number of para-hydroxylation sites is 1. The number of amides is 3. The molecule has 0 atom stereocenters.